The number of benzene rings is 2. The summed E-state index contributed by atoms with van der Waals surface area (Å²) in [6.07, 6.45) is 7.04. The van der Waals surface area contributed by atoms with Crippen LogP contribution >= 0.6 is 0 Å². The van der Waals surface area contributed by atoms with Gasteiger partial charge in [0.25, 0.3) is 0 Å². The highest BCUT2D eigenvalue weighted by Gasteiger charge is 2.23. The largest absolute Gasteiger partial charge is 0.490 e. The molecule has 35 heavy (non-hydrogen) atoms. The molecule has 2 aliphatic rings. The summed E-state index contributed by atoms with van der Waals surface area (Å²) in [5.41, 5.74) is 2.27. The third-order valence-electron chi connectivity index (χ3n) is 6.59. The molecular formula is C29H34N4O2. The quantitative estimate of drug-likeness (QED) is 0.553. The van der Waals surface area contributed by atoms with Crippen LogP contribution in [0, 0.1) is 0 Å². The zero-order chi connectivity index (χ0) is 23.7. The van der Waals surface area contributed by atoms with E-state index in [1.165, 1.54) is 5.56 Å². The van der Waals surface area contributed by atoms with Gasteiger partial charge in [0, 0.05) is 38.4 Å². The van der Waals surface area contributed by atoms with Crippen molar-refractivity contribution in [2.75, 3.05) is 26.2 Å². The van der Waals surface area contributed by atoms with Gasteiger partial charge in [-0.25, -0.2) is 4.98 Å². The van der Waals surface area contributed by atoms with Gasteiger partial charge in [-0.15, -0.1) is 0 Å². The summed E-state index contributed by atoms with van der Waals surface area (Å²) in [5, 5.41) is 3.76. The SMILES string of the molecule is c1ccc(CN2CCC(NC3=NCCCCCOc4ccccc4Oc4ncccc43)CC2)cc1. The Balaban J connectivity index is 1.31. The van der Waals surface area contributed by atoms with E-state index in [0.29, 0.717) is 24.3 Å². The lowest BCUT2D eigenvalue weighted by Gasteiger charge is -2.33. The highest BCUT2D eigenvalue weighted by Crippen LogP contribution is 2.32. The molecule has 0 aliphatic carbocycles. The monoisotopic (exact) mass is 470 g/mol. The van der Waals surface area contributed by atoms with Crippen molar-refractivity contribution >= 4 is 5.84 Å². The van der Waals surface area contributed by atoms with Gasteiger partial charge in [-0.2, -0.15) is 0 Å². The number of rotatable bonds is 3. The normalized spacial score (nSPS) is 17.8. The number of fused-ring (bicyclic) bond motifs is 2. The third-order valence-corrected chi connectivity index (χ3v) is 6.59. The molecule has 3 aromatic rings. The number of aromatic nitrogens is 1. The molecule has 182 valence electrons. The maximum atomic E-state index is 6.29. The van der Waals surface area contributed by atoms with Crippen molar-refractivity contribution in [3.63, 3.8) is 0 Å². The number of aliphatic imine (C=N–C) groups is 1. The smallest absolute Gasteiger partial charge is 0.230 e. The minimum absolute atomic E-state index is 0.375. The van der Waals surface area contributed by atoms with E-state index >= 15 is 0 Å². The lowest BCUT2D eigenvalue weighted by Crippen LogP contribution is -2.44. The lowest BCUT2D eigenvalue weighted by atomic mass is 10.0. The predicted octanol–water partition coefficient (Wildman–Crippen LogP) is 5.44. The Hall–Kier alpha value is -3.38. The van der Waals surface area contributed by atoms with E-state index in [-0.39, 0.29) is 0 Å². The molecule has 1 fully saturated rings. The van der Waals surface area contributed by atoms with Gasteiger partial charge in [-0.1, -0.05) is 42.5 Å². The van der Waals surface area contributed by atoms with E-state index in [9.17, 15) is 0 Å². The molecule has 1 saturated heterocycles. The van der Waals surface area contributed by atoms with Crippen molar-refractivity contribution in [1.82, 2.24) is 15.2 Å². The van der Waals surface area contributed by atoms with Crippen molar-refractivity contribution in [2.24, 2.45) is 4.99 Å². The number of nitrogens with zero attached hydrogens (tertiary/aromatic N) is 3. The summed E-state index contributed by atoms with van der Waals surface area (Å²) in [6.45, 7) is 4.60. The number of hydrogen-bond donors (Lipinski definition) is 1. The molecule has 6 heteroatoms. The number of hydrogen-bond acceptors (Lipinski definition) is 6. The first kappa shape index (κ1) is 23.4. The van der Waals surface area contributed by atoms with Crippen molar-refractivity contribution in [1.29, 1.82) is 0 Å². The molecule has 0 bridgehead atoms. The number of likely N-dealkylation sites (tertiary alicyclic amines) is 1. The number of amidine groups is 1. The number of nitrogens with one attached hydrogen (secondary N) is 1. The van der Waals surface area contributed by atoms with Gasteiger partial charge in [0.2, 0.25) is 5.88 Å². The molecule has 0 atom stereocenters. The van der Waals surface area contributed by atoms with Crippen molar-refractivity contribution in [2.45, 2.75) is 44.7 Å². The molecule has 0 amide bonds. The summed E-state index contributed by atoms with van der Waals surface area (Å²) >= 11 is 0. The van der Waals surface area contributed by atoms with Crippen LogP contribution in [0.3, 0.4) is 0 Å². The summed E-state index contributed by atoms with van der Waals surface area (Å²) in [4.78, 5) is 12.1. The molecule has 0 saturated carbocycles. The second-order valence-electron chi connectivity index (χ2n) is 9.22. The molecule has 6 nitrogen and oxygen atoms in total. The van der Waals surface area contributed by atoms with Crippen LogP contribution < -0.4 is 14.8 Å². The van der Waals surface area contributed by atoms with E-state index in [2.05, 4.69) is 45.5 Å². The fourth-order valence-corrected chi connectivity index (χ4v) is 4.65. The molecule has 3 heterocycles. The molecule has 0 unspecified atom stereocenters. The molecular weight excluding hydrogens is 436 g/mol. The molecule has 1 N–H and O–H groups in total. The predicted molar refractivity (Wildman–Crippen MR) is 139 cm³/mol. The standard InChI is InChI=1S/C29H34N4O2/c1-3-10-23(11-4-1)22-33-19-15-24(16-20-33)32-28-25-12-9-18-31-29(25)35-27-14-6-5-13-26(27)34-21-8-2-7-17-30-28/h1,3-6,9-14,18,24H,2,7-8,15-17,19-22H2,(H,30,32). The highest BCUT2D eigenvalue weighted by atomic mass is 16.5. The first-order chi connectivity index (χ1) is 17.3. The van der Waals surface area contributed by atoms with Gasteiger partial charge in [0.05, 0.1) is 12.2 Å². The van der Waals surface area contributed by atoms with Gasteiger partial charge in [0.1, 0.15) is 5.84 Å². The minimum atomic E-state index is 0.375. The average Bonchev–Trinajstić information content (AvgIpc) is 2.91. The van der Waals surface area contributed by atoms with Crippen LogP contribution in [0.5, 0.6) is 17.4 Å². The molecule has 2 aromatic carbocycles. The summed E-state index contributed by atoms with van der Waals surface area (Å²) in [6, 6.07) is 22.9. The topological polar surface area (TPSA) is 59.0 Å². The molecule has 0 spiro atoms. The average molecular weight is 471 g/mol. The third kappa shape index (κ3) is 6.40. The van der Waals surface area contributed by atoms with Crippen LogP contribution in [0.4, 0.5) is 0 Å². The molecule has 2 aliphatic heterocycles. The van der Waals surface area contributed by atoms with E-state index in [0.717, 1.165) is 75.4 Å². The van der Waals surface area contributed by atoms with Crippen molar-refractivity contribution in [3.05, 3.63) is 84.1 Å². The maximum absolute atomic E-state index is 6.29. The van der Waals surface area contributed by atoms with Crippen LogP contribution in [0.15, 0.2) is 77.9 Å². The summed E-state index contributed by atoms with van der Waals surface area (Å²) in [7, 11) is 0. The van der Waals surface area contributed by atoms with E-state index < -0.39 is 0 Å². The Morgan fingerprint density at radius 2 is 1.66 bits per heavy atom. The maximum Gasteiger partial charge on any atom is 0.230 e. The lowest BCUT2D eigenvalue weighted by molar-refractivity contribution is 0.199. The van der Waals surface area contributed by atoms with Crippen LogP contribution in [-0.2, 0) is 6.54 Å². The zero-order valence-electron chi connectivity index (χ0n) is 20.2. The summed E-state index contributed by atoms with van der Waals surface area (Å²) < 4.78 is 12.3. The Labute approximate surface area is 208 Å². The van der Waals surface area contributed by atoms with Gasteiger partial charge in [0.15, 0.2) is 11.5 Å². The van der Waals surface area contributed by atoms with Crippen LogP contribution in [0.2, 0.25) is 0 Å². The number of pyridine rings is 1. The van der Waals surface area contributed by atoms with Gasteiger partial charge in [-0.3, -0.25) is 9.89 Å². The van der Waals surface area contributed by atoms with Gasteiger partial charge < -0.3 is 14.8 Å². The second kappa shape index (κ2) is 11.8. The first-order valence-electron chi connectivity index (χ1n) is 12.8. The van der Waals surface area contributed by atoms with Crippen LogP contribution in [0.1, 0.15) is 43.2 Å². The van der Waals surface area contributed by atoms with Crippen LogP contribution in [-0.4, -0.2) is 48.0 Å². The zero-order valence-corrected chi connectivity index (χ0v) is 20.2. The molecule has 0 radical (unpaired) electrons. The fraction of sp³-hybridized carbons (Fsp3) is 0.379. The van der Waals surface area contributed by atoms with Gasteiger partial charge in [-0.05, 0) is 61.9 Å². The van der Waals surface area contributed by atoms with Crippen LogP contribution in [0.25, 0.3) is 0 Å². The Morgan fingerprint density at radius 1 is 0.857 bits per heavy atom. The summed E-state index contributed by atoms with van der Waals surface area (Å²) in [5.74, 6) is 2.86. The minimum Gasteiger partial charge on any atom is -0.490 e. The van der Waals surface area contributed by atoms with E-state index in [1.54, 1.807) is 6.20 Å². The Kier molecular flexibility index (Phi) is 7.91. The molecule has 5 rings (SSSR count). The highest BCUT2D eigenvalue weighted by molar-refractivity contribution is 6.01. The first-order valence-corrected chi connectivity index (χ1v) is 12.8. The van der Waals surface area contributed by atoms with Crippen molar-refractivity contribution < 1.29 is 9.47 Å². The number of piperidine rings is 1. The fourth-order valence-electron chi connectivity index (χ4n) is 4.65. The number of ether oxygens (including phenoxy) is 2. The van der Waals surface area contributed by atoms with Gasteiger partial charge >= 0.3 is 0 Å². The second-order valence-corrected chi connectivity index (χ2v) is 9.22. The Morgan fingerprint density at radius 3 is 2.51 bits per heavy atom. The van der Waals surface area contributed by atoms with E-state index in [1.807, 2.05) is 36.4 Å². The van der Waals surface area contributed by atoms with Crippen molar-refractivity contribution in [3.8, 4) is 17.4 Å². The number of para-hydroxylation sites is 2. The molecule has 1 aromatic heterocycles. The Bertz CT molecular complexity index is 1110. The van der Waals surface area contributed by atoms with E-state index in [4.69, 9.17) is 14.5 Å².